The van der Waals surface area contributed by atoms with Crippen LogP contribution in [0, 0.1) is 11.8 Å². The molecule has 0 radical (unpaired) electrons. The Kier molecular flexibility index (Phi) is 25.6. The standard InChI is InChI=1S/C8H14.3C2H6/c1-7-5-3-4-6-8(7)2;3*1-2/h3-4,7-8H,5-6H2,1-2H3;3*1-2H3/t7-,8?;;;/m0.../s1. The summed E-state index contributed by atoms with van der Waals surface area (Å²) in [5.41, 5.74) is 0. The highest BCUT2D eigenvalue weighted by molar-refractivity contribution is 4.91. The van der Waals surface area contributed by atoms with Crippen molar-refractivity contribution < 1.29 is 0 Å². The number of rotatable bonds is 0. The van der Waals surface area contributed by atoms with Crippen molar-refractivity contribution in [2.45, 2.75) is 68.2 Å². The number of hydrogen-bond donors (Lipinski definition) is 0. The smallest absolute Gasteiger partial charge is 0.0322 e. The van der Waals surface area contributed by atoms with Gasteiger partial charge in [-0.3, -0.25) is 0 Å². The lowest BCUT2D eigenvalue weighted by molar-refractivity contribution is 0.380. The van der Waals surface area contributed by atoms with Crippen LogP contribution in [0.25, 0.3) is 0 Å². The van der Waals surface area contributed by atoms with E-state index in [1.165, 1.54) is 12.8 Å². The summed E-state index contributed by atoms with van der Waals surface area (Å²) in [4.78, 5) is 0. The van der Waals surface area contributed by atoms with Crippen LogP contribution in [0.3, 0.4) is 0 Å². The fourth-order valence-electron chi connectivity index (χ4n) is 1.09. The molecule has 0 saturated heterocycles. The average molecular weight is 200 g/mol. The zero-order valence-electron chi connectivity index (χ0n) is 11.7. The van der Waals surface area contributed by atoms with Crippen LogP contribution in [0.1, 0.15) is 68.2 Å². The molecule has 0 bridgehead atoms. The Hall–Kier alpha value is -0.260. The number of allylic oxidation sites excluding steroid dienone is 2. The first-order chi connectivity index (χ1) is 6.80. The van der Waals surface area contributed by atoms with E-state index in [0.717, 1.165) is 11.8 Å². The van der Waals surface area contributed by atoms with Crippen LogP contribution in [0.5, 0.6) is 0 Å². The van der Waals surface area contributed by atoms with Crippen LogP contribution < -0.4 is 0 Å². The predicted octanol–water partition coefficient (Wildman–Crippen LogP) is 5.69. The van der Waals surface area contributed by atoms with Crippen LogP contribution in [-0.4, -0.2) is 0 Å². The molecule has 14 heavy (non-hydrogen) atoms. The van der Waals surface area contributed by atoms with Gasteiger partial charge in [0.1, 0.15) is 0 Å². The highest BCUT2D eigenvalue weighted by atomic mass is 14.2. The molecule has 0 fully saturated rings. The monoisotopic (exact) mass is 200 g/mol. The molecule has 1 aliphatic rings. The third-order valence-corrected chi connectivity index (χ3v) is 2.15. The van der Waals surface area contributed by atoms with E-state index in [9.17, 15) is 0 Å². The van der Waals surface area contributed by atoms with Crippen molar-refractivity contribution in [2.75, 3.05) is 0 Å². The van der Waals surface area contributed by atoms with E-state index in [0.29, 0.717) is 0 Å². The van der Waals surface area contributed by atoms with Crippen LogP contribution >= 0.6 is 0 Å². The minimum atomic E-state index is 0.917. The molecular weight excluding hydrogens is 168 g/mol. The average Bonchev–Trinajstić information content (AvgIpc) is 2.31. The van der Waals surface area contributed by atoms with Crippen LogP contribution in [0.4, 0.5) is 0 Å². The molecule has 1 rings (SSSR count). The third-order valence-electron chi connectivity index (χ3n) is 2.15. The van der Waals surface area contributed by atoms with Crippen LogP contribution in [0.2, 0.25) is 0 Å². The summed E-state index contributed by atoms with van der Waals surface area (Å²) in [6.07, 6.45) is 7.18. The maximum Gasteiger partial charge on any atom is -0.0322 e. The first kappa shape index (κ1) is 19.3. The van der Waals surface area contributed by atoms with Gasteiger partial charge in [-0.2, -0.15) is 0 Å². The molecule has 1 unspecified atom stereocenters. The Morgan fingerprint density at radius 2 is 0.857 bits per heavy atom. The molecular formula is C14H32. The van der Waals surface area contributed by atoms with E-state index >= 15 is 0 Å². The third kappa shape index (κ3) is 11.7. The molecule has 0 aromatic heterocycles. The molecule has 0 saturated carbocycles. The Bertz CT molecular complexity index is 80.2. The molecule has 0 nitrogen and oxygen atoms in total. The molecule has 2 atom stereocenters. The highest BCUT2D eigenvalue weighted by Crippen LogP contribution is 2.23. The summed E-state index contributed by atoms with van der Waals surface area (Å²) in [7, 11) is 0. The summed E-state index contributed by atoms with van der Waals surface area (Å²) >= 11 is 0. The van der Waals surface area contributed by atoms with Gasteiger partial charge in [0.2, 0.25) is 0 Å². The van der Waals surface area contributed by atoms with E-state index in [1.54, 1.807) is 0 Å². The van der Waals surface area contributed by atoms with Gasteiger partial charge in [0.05, 0.1) is 0 Å². The van der Waals surface area contributed by atoms with E-state index < -0.39 is 0 Å². The molecule has 0 heteroatoms. The quantitative estimate of drug-likeness (QED) is 0.441. The van der Waals surface area contributed by atoms with E-state index in [-0.39, 0.29) is 0 Å². The molecule has 88 valence electrons. The van der Waals surface area contributed by atoms with Crippen molar-refractivity contribution in [1.29, 1.82) is 0 Å². The van der Waals surface area contributed by atoms with Gasteiger partial charge in [0.25, 0.3) is 0 Å². The summed E-state index contributed by atoms with van der Waals surface area (Å²) in [6, 6.07) is 0. The van der Waals surface area contributed by atoms with E-state index in [4.69, 9.17) is 0 Å². The van der Waals surface area contributed by atoms with Gasteiger partial charge in [-0.1, -0.05) is 67.5 Å². The molecule has 0 amide bonds. The highest BCUT2D eigenvalue weighted by Gasteiger charge is 2.11. The minimum absolute atomic E-state index is 0.917. The van der Waals surface area contributed by atoms with Gasteiger partial charge < -0.3 is 0 Å². The maximum atomic E-state index is 2.33. The van der Waals surface area contributed by atoms with Gasteiger partial charge in [0, 0.05) is 0 Å². The normalized spacial score (nSPS) is 22.9. The first-order valence-electron chi connectivity index (χ1n) is 6.45. The van der Waals surface area contributed by atoms with Gasteiger partial charge >= 0.3 is 0 Å². The van der Waals surface area contributed by atoms with E-state index in [2.05, 4.69) is 26.0 Å². The van der Waals surface area contributed by atoms with Crippen LogP contribution in [-0.2, 0) is 0 Å². The van der Waals surface area contributed by atoms with Crippen molar-refractivity contribution >= 4 is 0 Å². The minimum Gasteiger partial charge on any atom is -0.0883 e. The molecule has 0 heterocycles. The molecule has 0 aliphatic heterocycles. The zero-order chi connectivity index (χ0) is 12.0. The Labute approximate surface area is 92.8 Å². The fourth-order valence-corrected chi connectivity index (χ4v) is 1.09. The maximum absolute atomic E-state index is 2.33. The van der Waals surface area contributed by atoms with Crippen LogP contribution in [0.15, 0.2) is 12.2 Å². The van der Waals surface area contributed by atoms with Gasteiger partial charge in [-0.05, 0) is 24.7 Å². The topological polar surface area (TPSA) is 0 Å². The molecule has 0 N–H and O–H groups in total. The summed E-state index contributed by atoms with van der Waals surface area (Å²) in [6.45, 7) is 16.7. The van der Waals surface area contributed by atoms with Crippen molar-refractivity contribution in [2.24, 2.45) is 11.8 Å². The predicted molar refractivity (Wildman–Crippen MR) is 70.7 cm³/mol. The van der Waals surface area contributed by atoms with Crippen molar-refractivity contribution in [3.8, 4) is 0 Å². The van der Waals surface area contributed by atoms with Crippen molar-refractivity contribution in [3.63, 3.8) is 0 Å². The molecule has 0 aromatic carbocycles. The summed E-state index contributed by atoms with van der Waals surface area (Å²) in [5.74, 6) is 1.83. The Morgan fingerprint density at radius 1 is 0.643 bits per heavy atom. The fraction of sp³-hybridized carbons (Fsp3) is 0.857. The summed E-state index contributed by atoms with van der Waals surface area (Å²) < 4.78 is 0. The molecule has 1 aliphatic carbocycles. The lowest BCUT2D eigenvalue weighted by Crippen LogP contribution is -2.08. The lowest BCUT2D eigenvalue weighted by Gasteiger charge is -2.19. The van der Waals surface area contributed by atoms with Gasteiger partial charge in [0.15, 0.2) is 0 Å². The van der Waals surface area contributed by atoms with Crippen molar-refractivity contribution in [1.82, 2.24) is 0 Å². The van der Waals surface area contributed by atoms with Gasteiger partial charge in [-0.15, -0.1) is 0 Å². The molecule has 0 spiro atoms. The SMILES string of the molecule is CC.CC.CC.CC1CC=CC[C@@H]1C. The molecule has 0 aromatic rings. The van der Waals surface area contributed by atoms with E-state index in [1.807, 2.05) is 41.5 Å². The second-order valence-corrected chi connectivity index (χ2v) is 2.90. The second-order valence-electron chi connectivity index (χ2n) is 2.90. The van der Waals surface area contributed by atoms with Gasteiger partial charge in [-0.25, -0.2) is 0 Å². The van der Waals surface area contributed by atoms with Crippen molar-refractivity contribution in [3.05, 3.63) is 12.2 Å². The zero-order valence-corrected chi connectivity index (χ0v) is 11.7. The lowest BCUT2D eigenvalue weighted by atomic mass is 9.86. The first-order valence-corrected chi connectivity index (χ1v) is 6.45. The largest absolute Gasteiger partial charge is 0.0883 e. The number of hydrogen-bond acceptors (Lipinski definition) is 0. The second kappa shape index (κ2) is 18.5. The summed E-state index contributed by atoms with van der Waals surface area (Å²) in [5, 5.41) is 0. The Balaban J connectivity index is -0.000000174. The Morgan fingerprint density at radius 3 is 1.00 bits per heavy atom.